The summed E-state index contributed by atoms with van der Waals surface area (Å²) in [5.74, 6) is 0.520. The second-order valence-electron chi connectivity index (χ2n) is 4.83. The first-order valence-electron chi connectivity index (χ1n) is 6.94. The van der Waals surface area contributed by atoms with Gasteiger partial charge in [-0.3, -0.25) is 4.79 Å². The van der Waals surface area contributed by atoms with Crippen LogP contribution in [0.3, 0.4) is 0 Å². The zero-order valence-electron chi connectivity index (χ0n) is 12.5. The molecule has 0 radical (unpaired) electrons. The average Bonchev–Trinajstić information content (AvgIpc) is 2.91. The van der Waals surface area contributed by atoms with Crippen LogP contribution >= 0.6 is 35.0 Å². The molecule has 3 rings (SSSR count). The largest absolute Gasteiger partial charge is 0.497 e. The van der Waals surface area contributed by atoms with Crippen molar-refractivity contribution in [2.24, 2.45) is 4.99 Å². The molecule has 0 unspecified atom stereocenters. The van der Waals surface area contributed by atoms with E-state index in [0.717, 1.165) is 11.3 Å². The molecule has 1 fully saturated rings. The molecule has 0 bridgehead atoms. The van der Waals surface area contributed by atoms with Gasteiger partial charge in [0.25, 0.3) is 5.91 Å². The lowest BCUT2D eigenvalue weighted by Crippen LogP contribution is -2.19. The Labute approximate surface area is 153 Å². The highest BCUT2D eigenvalue weighted by molar-refractivity contribution is 8.18. The molecule has 2 aromatic carbocycles. The molecule has 1 amide bonds. The molecule has 1 heterocycles. The third kappa shape index (κ3) is 3.75. The molecular weight excluding hydrogens is 367 g/mol. The predicted octanol–water partition coefficient (Wildman–Crippen LogP) is 4.89. The molecule has 1 N–H and O–H groups in total. The summed E-state index contributed by atoms with van der Waals surface area (Å²) < 4.78 is 5.18. The van der Waals surface area contributed by atoms with Gasteiger partial charge in [-0.15, -0.1) is 0 Å². The number of methoxy groups -OCH3 is 1. The van der Waals surface area contributed by atoms with Crippen LogP contribution in [0.2, 0.25) is 10.0 Å². The van der Waals surface area contributed by atoms with E-state index in [9.17, 15) is 4.79 Å². The Hall–Kier alpha value is -1.95. The molecule has 4 nitrogen and oxygen atoms in total. The second-order valence-corrected chi connectivity index (χ2v) is 6.65. The van der Waals surface area contributed by atoms with Crippen molar-refractivity contribution in [1.82, 2.24) is 5.32 Å². The molecule has 122 valence electrons. The zero-order chi connectivity index (χ0) is 17.1. The Morgan fingerprint density at radius 1 is 1.21 bits per heavy atom. The second kappa shape index (κ2) is 7.30. The molecule has 0 aromatic heterocycles. The van der Waals surface area contributed by atoms with Crippen LogP contribution in [-0.4, -0.2) is 18.2 Å². The maximum atomic E-state index is 12.1. The third-order valence-corrected chi connectivity index (χ3v) is 4.91. The minimum absolute atomic E-state index is 0.209. The van der Waals surface area contributed by atoms with Crippen molar-refractivity contribution in [1.29, 1.82) is 0 Å². The summed E-state index contributed by atoms with van der Waals surface area (Å²) in [5, 5.41) is 3.95. The average molecular weight is 379 g/mol. The number of amidine groups is 1. The molecule has 0 aliphatic carbocycles. The van der Waals surface area contributed by atoms with Crippen LogP contribution in [-0.2, 0) is 4.79 Å². The Morgan fingerprint density at radius 3 is 2.79 bits per heavy atom. The standard InChI is InChI=1S/C17H12Cl2N2O2S/c1-23-11-5-2-4-10(8-11)9-14-16(22)21-17(24-14)20-13-7-3-6-12(18)15(13)19/h2-9H,1H3,(H,20,21,22)/b14-9+. The number of thioether (sulfide) groups is 1. The molecule has 1 saturated heterocycles. The van der Waals surface area contributed by atoms with Gasteiger partial charge in [-0.2, -0.15) is 0 Å². The molecule has 0 spiro atoms. The van der Waals surface area contributed by atoms with Gasteiger partial charge in [-0.1, -0.05) is 41.4 Å². The minimum Gasteiger partial charge on any atom is -0.497 e. The summed E-state index contributed by atoms with van der Waals surface area (Å²) in [4.78, 5) is 17.0. The van der Waals surface area contributed by atoms with Crippen LogP contribution in [0, 0.1) is 0 Å². The van der Waals surface area contributed by atoms with Crippen molar-refractivity contribution in [3.63, 3.8) is 0 Å². The minimum atomic E-state index is -0.209. The molecular formula is C17H12Cl2N2O2S. The number of amides is 1. The number of aliphatic imine (C=N–C) groups is 1. The van der Waals surface area contributed by atoms with E-state index in [2.05, 4.69) is 10.3 Å². The van der Waals surface area contributed by atoms with Gasteiger partial charge in [0.15, 0.2) is 5.17 Å². The smallest absolute Gasteiger partial charge is 0.264 e. The summed E-state index contributed by atoms with van der Waals surface area (Å²) in [6.07, 6.45) is 1.78. The lowest BCUT2D eigenvalue weighted by molar-refractivity contribution is -0.115. The number of rotatable bonds is 3. The predicted molar refractivity (Wildman–Crippen MR) is 100 cm³/mol. The van der Waals surface area contributed by atoms with Crippen molar-refractivity contribution in [3.05, 3.63) is 63.0 Å². The SMILES string of the molecule is COc1cccc(/C=C2/SC(=Nc3cccc(Cl)c3Cl)NC2=O)c1. The van der Waals surface area contributed by atoms with Crippen LogP contribution in [0.1, 0.15) is 5.56 Å². The first-order valence-corrected chi connectivity index (χ1v) is 8.52. The molecule has 1 aliphatic heterocycles. The highest BCUT2D eigenvalue weighted by atomic mass is 35.5. The highest BCUT2D eigenvalue weighted by Crippen LogP contribution is 2.34. The zero-order valence-corrected chi connectivity index (χ0v) is 14.9. The van der Waals surface area contributed by atoms with E-state index in [1.807, 2.05) is 24.3 Å². The maximum Gasteiger partial charge on any atom is 0.264 e. The first kappa shape index (κ1) is 16.9. The fourth-order valence-electron chi connectivity index (χ4n) is 2.05. The summed E-state index contributed by atoms with van der Waals surface area (Å²) in [6, 6.07) is 12.6. The number of hydrogen-bond acceptors (Lipinski definition) is 4. The molecule has 0 saturated carbocycles. The van der Waals surface area contributed by atoms with Gasteiger partial charge in [-0.25, -0.2) is 4.99 Å². The van der Waals surface area contributed by atoms with Gasteiger partial charge in [0.05, 0.1) is 27.7 Å². The van der Waals surface area contributed by atoms with Gasteiger partial charge in [0.1, 0.15) is 5.75 Å². The Balaban J connectivity index is 1.86. The van der Waals surface area contributed by atoms with Crippen LogP contribution < -0.4 is 10.1 Å². The van der Waals surface area contributed by atoms with E-state index >= 15 is 0 Å². The van der Waals surface area contributed by atoms with Crippen LogP contribution in [0.4, 0.5) is 5.69 Å². The Morgan fingerprint density at radius 2 is 2.00 bits per heavy atom. The van der Waals surface area contributed by atoms with E-state index in [1.165, 1.54) is 11.8 Å². The first-order chi connectivity index (χ1) is 11.6. The lowest BCUT2D eigenvalue weighted by Gasteiger charge is -2.01. The number of hydrogen-bond donors (Lipinski definition) is 1. The van der Waals surface area contributed by atoms with Gasteiger partial charge >= 0.3 is 0 Å². The van der Waals surface area contributed by atoms with E-state index in [1.54, 1.807) is 31.4 Å². The fourth-order valence-corrected chi connectivity index (χ4v) is 3.22. The molecule has 1 aliphatic rings. The number of carbonyl (C=O) groups is 1. The van der Waals surface area contributed by atoms with E-state index in [-0.39, 0.29) is 5.91 Å². The summed E-state index contributed by atoms with van der Waals surface area (Å²) >= 11 is 13.3. The van der Waals surface area contributed by atoms with Gasteiger partial charge < -0.3 is 10.1 Å². The van der Waals surface area contributed by atoms with Crippen molar-refractivity contribution >= 4 is 57.8 Å². The third-order valence-electron chi connectivity index (χ3n) is 3.20. The topological polar surface area (TPSA) is 50.7 Å². The number of carbonyl (C=O) groups excluding carboxylic acids is 1. The van der Waals surface area contributed by atoms with Crippen molar-refractivity contribution in [2.75, 3.05) is 7.11 Å². The number of nitrogens with zero attached hydrogens (tertiary/aromatic N) is 1. The quantitative estimate of drug-likeness (QED) is 0.773. The number of benzene rings is 2. The summed E-state index contributed by atoms with van der Waals surface area (Å²) in [7, 11) is 1.60. The molecule has 2 aromatic rings. The van der Waals surface area contributed by atoms with E-state index in [0.29, 0.717) is 25.8 Å². The monoisotopic (exact) mass is 378 g/mol. The van der Waals surface area contributed by atoms with E-state index < -0.39 is 0 Å². The van der Waals surface area contributed by atoms with E-state index in [4.69, 9.17) is 27.9 Å². The highest BCUT2D eigenvalue weighted by Gasteiger charge is 2.24. The van der Waals surface area contributed by atoms with Gasteiger partial charge in [0, 0.05) is 0 Å². The Kier molecular flexibility index (Phi) is 5.14. The maximum absolute atomic E-state index is 12.1. The lowest BCUT2D eigenvalue weighted by atomic mass is 10.2. The van der Waals surface area contributed by atoms with Crippen LogP contribution in [0.5, 0.6) is 5.75 Å². The number of nitrogens with one attached hydrogen (secondary N) is 1. The normalized spacial score (nSPS) is 17.4. The Bertz CT molecular complexity index is 865. The van der Waals surface area contributed by atoms with Crippen molar-refractivity contribution in [3.8, 4) is 5.75 Å². The van der Waals surface area contributed by atoms with Crippen molar-refractivity contribution in [2.45, 2.75) is 0 Å². The van der Waals surface area contributed by atoms with Gasteiger partial charge in [0.2, 0.25) is 0 Å². The van der Waals surface area contributed by atoms with Crippen molar-refractivity contribution < 1.29 is 9.53 Å². The number of halogens is 2. The number of ether oxygens (including phenoxy) is 1. The van der Waals surface area contributed by atoms with Crippen LogP contribution in [0.15, 0.2) is 52.4 Å². The fraction of sp³-hybridized carbons (Fsp3) is 0.0588. The molecule has 24 heavy (non-hydrogen) atoms. The summed E-state index contributed by atoms with van der Waals surface area (Å²) in [6.45, 7) is 0. The van der Waals surface area contributed by atoms with Crippen LogP contribution in [0.25, 0.3) is 6.08 Å². The van der Waals surface area contributed by atoms with Gasteiger partial charge in [-0.05, 0) is 47.7 Å². The molecule has 0 atom stereocenters. The summed E-state index contributed by atoms with van der Waals surface area (Å²) in [5.41, 5.74) is 1.38. The molecule has 7 heteroatoms.